The van der Waals surface area contributed by atoms with Gasteiger partial charge in [0, 0.05) is 21.9 Å². The minimum absolute atomic E-state index is 0.126. The summed E-state index contributed by atoms with van der Waals surface area (Å²) in [4.78, 5) is 12.4. The third-order valence-electron chi connectivity index (χ3n) is 4.67. The number of nitrogens with zero attached hydrogens (tertiary/aromatic N) is 1. The van der Waals surface area contributed by atoms with Crippen molar-refractivity contribution in [2.75, 3.05) is 5.75 Å². The van der Waals surface area contributed by atoms with Crippen LogP contribution in [0.2, 0.25) is 0 Å². The van der Waals surface area contributed by atoms with Crippen molar-refractivity contribution in [3.8, 4) is 11.3 Å². The molecule has 0 aliphatic heterocycles. The first-order chi connectivity index (χ1) is 13.1. The van der Waals surface area contributed by atoms with Crippen molar-refractivity contribution in [1.82, 2.24) is 5.16 Å². The van der Waals surface area contributed by atoms with Crippen LogP contribution in [0.4, 0.5) is 0 Å². The third kappa shape index (κ3) is 5.17. The average Bonchev–Trinajstić information content (AvgIpc) is 3.29. The lowest BCUT2D eigenvalue weighted by Crippen LogP contribution is -2.18. The Morgan fingerprint density at radius 3 is 2.78 bits per heavy atom. The van der Waals surface area contributed by atoms with E-state index >= 15 is 0 Å². The number of aromatic nitrogens is 1. The molecule has 1 heterocycles. The van der Waals surface area contributed by atoms with E-state index in [1.165, 1.54) is 11.8 Å². The van der Waals surface area contributed by atoms with Crippen LogP contribution in [0, 0.1) is 0 Å². The summed E-state index contributed by atoms with van der Waals surface area (Å²) in [5.41, 5.74) is 4.66. The molecule has 1 aliphatic carbocycles. The molecule has 1 aliphatic rings. The lowest BCUT2D eigenvalue weighted by atomic mass is 10.0. The van der Waals surface area contributed by atoms with Crippen molar-refractivity contribution in [3.63, 3.8) is 0 Å². The molecule has 0 saturated carbocycles. The molecule has 1 unspecified atom stereocenters. The lowest BCUT2D eigenvalue weighted by Gasteiger charge is -2.15. The maximum Gasteiger partial charge on any atom is 0.311 e. The van der Waals surface area contributed by atoms with Gasteiger partial charge in [-0.3, -0.25) is 4.79 Å². The van der Waals surface area contributed by atoms with Crippen molar-refractivity contribution in [2.24, 2.45) is 0 Å². The molecule has 1 aromatic heterocycles. The number of ether oxygens (including phenoxy) is 1. The summed E-state index contributed by atoms with van der Waals surface area (Å²) in [6, 6.07) is 8.21. The summed E-state index contributed by atoms with van der Waals surface area (Å²) in [7, 11) is 0. The molecule has 4 nitrogen and oxygen atoms in total. The van der Waals surface area contributed by atoms with Crippen LogP contribution in [0.3, 0.4) is 0 Å². The smallest absolute Gasteiger partial charge is 0.311 e. The highest BCUT2D eigenvalue weighted by Gasteiger charge is 2.23. The van der Waals surface area contributed by atoms with E-state index < -0.39 is 0 Å². The molecule has 0 fully saturated rings. The third-order valence-corrected chi connectivity index (χ3v) is 6.05. The fraction of sp³-hybridized carbons (Fsp3) is 0.429. The van der Waals surface area contributed by atoms with Crippen LogP contribution in [-0.4, -0.2) is 23.0 Å². The molecule has 0 bridgehead atoms. The molecule has 2 aromatic rings. The molecule has 0 saturated heterocycles. The number of carbonyl (C=O) groups excluding carboxylic acids is 1. The van der Waals surface area contributed by atoms with Crippen molar-refractivity contribution in [3.05, 3.63) is 52.3 Å². The molecule has 144 valence electrons. The van der Waals surface area contributed by atoms with E-state index in [1.54, 1.807) is 0 Å². The summed E-state index contributed by atoms with van der Waals surface area (Å²) >= 11 is 8.09. The number of benzene rings is 1. The largest absolute Gasteiger partial charge is 0.458 e. The first kappa shape index (κ1) is 20.0. The van der Waals surface area contributed by atoms with Crippen LogP contribution in [0.15, 0.2) is 45.7 Å². The number of carbonyl (C=O) groups is 1. The molecule has 0 N–H and O–H groups in total. The van der Waals surface area contributed by atoms with E-state index in [4.69, 9.17) is 20.9 Å². The second kappa shape index (κ2) is 9.47. The molecule has 6 heteroatoms. The molecule has 1 atom stereocenters. The Hall–Kier alpha value is -1.72. The minimum atomic E-state index is -0.299. The van der Waals surface area contributed by atoms with Crippen molar-refractivity contribution in [2.45, 2.75) is 51.4 Å². The summed E-state index contributed by atoms with van der Waals surface area (Å²) in [6.45, 7) is 4.03. The van der Waals surface area contributed by atoms with Gasteiger partial charge in [-0.25, -0.2) is 0 Å². The van der Waals surface area contributed by atoms with E-state index in [-0.39, 0.29) is 18.5 Å². The average molecular weight is 406 g/mol. The van der Waals surface area contributed by atoms with Gasteiger partial charge in [0.15, 0.2) is 0 Å². The Bertz CT molecular complexity index is 813. The van der Waals surface area contributed by atoms with Crippen molar-refractivity contribution >= 4 is 29.3 Å². The molecule has 3 rings (SSSR count). The predicted octanol–water partition coefficient (Wildman–Crippen LogP) is 5.75. The van der Waals surface area contributed by atoms with E-state index in [0.717, 1.165) is 52.5 Å². The summed E-state index contributed by atoms with van der Waals surface area (Å²) in [5.74, 6) is 1.79. The van der Waals surface area contributed by atoms with Gasteiger partial charge in [-0.15, -0.1) is 0 Å². The highest BCUT2D eigenvalue weighted by atomic mass is 35.5. The van der Waals surface area contributed by atoms with Gasteiger partial charge in [0.05, 0.1) is 6.42 Å². The first-order valence-corrected chi connectivity index (χ1v) is 10.8. The maximum absolute atomic E-state index is 12.4. The van der Waals surface area contributed by atoms with Gasteiger partial charge in [-0.1, -0.05) is 47.9 Å². The van der Waals surface area contributed by atoms with Gasteiger partial charge >= 0.3 is 5.97 Å². The Morgan fingerprint density at radius 2 is 2.11 bits per heavy atom. The number of thioether (sulfide) groups is 1. The van der Waals surface area contributed by atoms with Crippen LogP contribution in [0.25, 0.3) is 11.3 Å². The molecular weight excluding hydrogens is 382 g/mol. The fourth-order valence-electron chi connectivity index (χ4n) is 3.22. The minimum Gasteiger partial charge on any atom is -0.458 e. The van der Waals surface area contributed by atoms with Crippen LogP contribution < -0.4 is 0 Å². The Morgan fingerprint density at radius 1 is 1.33 bits per heavy atom. The molecule has 27 heavy (non-hydrogen) atoms. The van der Waals surface area contributed by atoms with E-state index in [1.807, 2.05) is 30.8 Å². The highest BCUT2D eigenvalue weighted by Crippen LogP contribution is 2.32. The zero-order valence-corrected chi connectivity index (χ0v) is 17.2. The number of rotatable bonds is 8. The normalized spacial score (nSPS) is 15.2. The molecule has 0 radical (unpaired) electrons. The van der Waals surface area contributed by atoms with Crippen molar-refractivity contribution in [1.29, 1.82) is 0 Å². The maximum atomic E-state index is 12.4. The Balaban J connectivity index is 1.64. The summed E-state index contributed by atoms with van der Waals surface area (Å²) in [5, 5.41) is 4.92. The molecule has 0 spiro atoms. The number of halogens is 1. The van der Waals surface area contributed by atoms with E-state index in [9.17, 15) is 4.79 Å². The van der Waals surface area contributed by atoms with Crippen molar-refractivity contribution < 1.29 is 14.1 Å². The molecular formula is C21H24ClNO3S. The quantitative estimate of drug-likeness (QED) is 0.523. The lowest BCUT2D eigenvalue weighted by molar-refractivity contribution is -0.145. The molecule has 0 amide bonds. The van der Waals surface area contributed by atoms with Crippen LogP contribution in [0.5, 0.6) is 0 Å². The summed E-state index contributed by atoms with van der Waals surface area (Å²) < 4.78 is 10.7. The Labute approximate surface area is 169 Å². The van der Waals surface area contributed by atoms with Crippen LogP contribution in [0.1, 0.15) is 44.2 Å². The number of allylic oxidation sites excluding steroid dienone is 1. The van der Waals surface area contributed by atoms with Gasteiger partial charge in [0.25, 0.3) is 0 Å². The standard InChI is InChI=1S/C21H24ClNO3S/c1-3-27-13-15-7-9-16(10-8-15)21-17(12-25-23-21)11-20(24)26-14(2)18-5-4-6-19(18)22/h7-10,12,14H,3-6,11,13H2,1-2H3. The fourth-order valence-corrected chi connectivity index (χ4v) is 4.23. The zero-order chi connectivity index (χ0) is 19.2. The van der Waals surface area contributed by atoms with Crippen LogP contribution in [-0.2, 0) is 21.7 Å². The predicted molar refractivity (Wildman–Crippen MR) is 110 cm³/mol. The van der Waals surface area contributed by atoms with Gasteiger partial charge in [-0.05, 0) is 43.1 Å². The molecule has 1 aromatic carbocycles. The van der Waals surface area contributed by atoms with Crippen LogP contribution >= 0.6 is 23.4 Å². The Kier molecular flexibility index (Phi) is 7.02. The highest BCUT2D eigenvalue weighted by molar-refractivity contribution is 7.98. The van der Waals surface area contributed by atoms with Gasteiger partial charge in [0.1, 0.15) is 18.1 Å². The number of esters is 1. The monoisotopic (exact) mass is 405 g/mol. The topological polar surface area (TPSA) is 52.3 Å². The summed E-state index contributed by atoms with van der Waals surface area (Å²) in [6.07, 6.45) is 4.16. The SMILES string of the molecule is CCSCc1ccc(-c2nocc2CC(=O)OC(C)C2=C(Cl)CCC2)cc1. The first-order valence-electron chi connectivity index (χ1n) is 9.25. The van der Waals surface area contributed by atoms with Gasteiger partial charge < -0.3 is 9.26 Å². The van der Waals surface area contributed by atoms with Gasteiger partial charge in [0.2, 0.25) is 0 Å². The number of hydrogen-bond acceptors (Lipinski definition) is 5. The second-order valence-corrected chi connectivity index (χ2v) is 8.35. The number of hydrogen-bond donors (Lipinski definition) is 0. The second-order valence-electron chi connectivity index (χ2n) is 6.62. The van der Waals surface area contributed by atoms with E-state index in [0.29, 0.717) is 5.69 Å². The zero-order valence-electron chi connectivity index (χ0n) is 15.7. The van der Waals surface area contributed by atoms with E-state index in [2.05, 4.69) is 24.2 Å². The van der Waals surface area contributed by atoms with Gasteiger partial charge in [-0.2, -0.15) is 11.8 Å².